The Morgan fingerprint density at radius 3 is 2.75 bits per heavy atom. The lowest BCUT2D eigenvalue weighted by atomic mass is 9.96. The van der Waals surface area contributed by atoms with Crippen LogP contribution in [0.25, 0.3) is 0 Å². The van der Waals surface area contributed by atoms with Crippen molar-refractivity contribution < 1.29 is 9.59 Å². The zero-order valence-electron chi connectivity index (χ0n) is 13.8. The third kappa shape index (κ3) is 2.99. The molecule has 0 bridgehead atoms. The summed E-state index contributed by atoms with van der Waals surface area (Å²) in [5, 5.41) is 2.96. The molecule has 0 spiro atoms. The van der Waals surface area contributed by atoms with Crippen molar-refractivity contribution in [2.75, 3.05) is 5.32 Å². The summed E-state index contributed by atoms with van der Waals surface area (Å²) in [6.45, 7) is 4.38. The van der Waals surface area contributed by atoms with Crippen molar-refractivity contribution in [2.24, 2.45) is 5.92 Å². The fourth-order valence-corrected chi connectivity index (χ4v) is 2.97. The molecule has 2 amide bonds. The van der Waals surface area contributed by atoms with Crippen molar-refractivity contribution in [1.82, 2.24) is 14.9 Å². The molecule has 0 fully saturated rings. The third-order valence-electron chi connectivity index (χ3n) is 4.47. The highest BCUT2D eigenvalue weighted by Crippen LogP contribution is 2.28. The van der Waals surface area contributed by atoms with Gasteiger partial charge in [-0.3, -0.25) is 9.59 Å². The highest BCUT2D eigenvalue weighted by molar-refractivity contribution is 6.02. The number of nitrogens with zero attached hydrogens (tertiary/aromatic N) is 3. The van der Waals surface area contributed by atoms with E-state index in [9.17, 15) is 9.59 Å². The van der Waals surface area contributed by atoms with E-state index in [1.807, 2.05) is 38.1 Å². The Labute approximate surface area is 140 Å². The summed E-state index contributed by atoms with van der Waals surface area (Å²) in [6.07, 6.45) is 5.15. The number of hydrogen-bond acceptors (Lipinski definition) is 4. The van der Waals surface area contributed by atoms with Crippen molar-refractivity contribution in [3.8, 4) is 0 Å². The summed E-state index contributed by atoms with van der Waals surface area (Å²) in [5.41, 5.74) is 2.07. The van der Waals surface area contributed by atoms with Crippen molar-refractivity contribution in [3.63, 3.8) is 0 Å². The van der Waals surface area contributed by atoms with Gasteiger partial charge in [-0.1, -0.05) is 38.5 Å². The first kappa shape index (κ1) is 16.1. The topological polar surface area (TPSA) is 75.2 Å². The average molecular weight is 324 g/mol. The number of carbonyl (C=O) groups is 2. The Kier molecular flexibility index (Phi) is 4.55. The van der Waals surface area contributed by atoms with Gasteiger partial charge < -0.3 is 10.2 Å². The van der Waals surface area contributed by atoms with Crippen LogP contribution in [-0.4, -0.2) is 32.7 Å². The molecule has 24 heavy (non-hydrogen) atoms. The molecule has 6 heteroatoms. The van der Waals surface area contributed by atoms with Gasteiger partial charge in [-0.05, 0) is 17.5 Å². The Morgan fingerprint density at radius 2 is 2.04 bits per heavy atom. The maximum absolute atomic E-state index is 13.0. The van der Waals surface area contributed by atoms with Crippen LogP contribution in [-0.2, 0) is 11.3 Å². The smallest absolute Gasteiger partial charge is 0.257 e. The minimum Gasteiger partial charge on any atom is -0.324 e. The molecule has 0 saturated heterocycles. The predicted molar refractivity (Wildman–Crippen MR) is 90.2 cm³/mol. The van der Waals surface area contributed by atoms with E-state index in [0.717, 1.165) is 17.7 Å². The lowest BCUT2D eigenvalue weighted by Gasteiger charge is -2.32. The Hall–Kier alpha value is -2.76. The molecule has 124 valence electrons. The van der Waals surface area contributed by atoms with Crippen molar-refractivity contribution in [3.05, 3.63) is 54.1 Å². The van der Waals surface area contributed by atoms with Gasteiger partial charge in [-0.15, -0.1) is 0 Å². The van der Waals surface area contributed by atoms with Gasteiger partial charge in [-0.2, -0.15) is 0 Å². The van der Waals surface area contributed by atoms with Gasteiger partial charge in [0.25, 0.3) is 5.91 Å². The normalized spacial score (nSPS) is 18.3. The fourth-order valence-electron chi connectivity index (χ4n) is 2.97. The van der Waals surface area contributed by atoms with Crippen LogP contribution >= 0.6 is 0 Å². The van der Waals surface area contributed by atoms with Crippen LogP contribution < -0.4 is 5.32 Å². The monoisotopic (exact) mass is 324 g/mol. The lowest BCUT2D eigenvalue weighted by Crippen LogP contribution is -2.48. The molecule has 1 aromatic heterocycles. The van der Waals surface area contributed by atoms with Crippen molar-refractivity contribution in [1.29, 1.82) is 0 Å². The highest BCUT2D eigenvalue weighted by atomic mass is 16.2. The number of aromatic nitrogens is 2. The second kappa shape index (κ2) is 6.78. The number of amides is 2. The number of benzene rings is 1. The molecular formula is C18H20N4O2. The van der Waals surface area contributed by atoms with E-state index in [-0.39, 0.29) is 17.7 Å². The minimum absolute atomic E-state index is 0.0351. The Balaban J connectivity index is 2.04. The number of anilines is 1. The van der Waals surface area contributed by atoms with E-state index in [4.69, 9.17) is 0 Å². The maximum Gasteiger partial charge on any atom is 0.257 e. The van der Waals surface area contributed by atoms with Crippen LogP contribution in [0.1, 0.15) is 36.2 Å². The molecule has 0 radical (unpaired) electrons. The molecule has 0 aliphatic carbocycles. The molecule has 6 nitrogen and oxygen atoms in total. The molecule has 2 heterocycles. The number of carbonyl (C=O) groups excluding carboxylic acids is 2. The van der Waals surface area contributed by atoms with Crippen LogP contribution in [0.5, 0.6) is 0 Å². The number of nitrogens with one attached hydrogen (secondary N) is 1. The van der Waals surface area contributed by atoms with Gasteiger partial charge in [-0.25, -0.2) is 9.97 Å². The zero-order valence-corrected chi connectivity index (χ0v) is 13.8. The average Bonchev–Trinajstić information content (AvgIpc) is 2.77. The van der Waals surface area contributed by atoms with E-state index in [2.05, 4.69) is 15.3 Å². The predicted octanol–water partition coefficient (Wildman–Crippen LogP) is 2.49. The van der Waals surface area contributed by atoms with Crippen molar-refractivity contribution >= 4 is 17.5 Å². The summed E-state index contributed by atoms with van der Waals surface area (Å²) < 4.78 is 0. The van der Waals surface area contributed by atoms with Gasteiger partial charge in [0.2, 0.25) is 5.91 Å². The molecule has 2 unspecified atom stereocenters. The summed E-state index contributed by atoms with van der Waals surface area (Å²) in [4.78, 5) is 35.3. The molecule has 1 N–H and O–H groups in total. The molecule has 1 aliphatic rings. The minimum atomic E-state index is -0.532. The molecule has 3 rings (SSSR count). The quantitative estimate of drug-likeness (QED) is 0.941. The summed E-state index contributed by atoms with van der Waals surface area (Å²) >= 11 is 0. The van der Waals surface area contributed by atoms with Crippen LogP contribution in [0.15, 0.2) is 43.0 Å². The Bertz CT molecular complexity index is 748. The molecular weight excluding hydrogens is 304 g/mol. The number of fused-ring (bicyclic) bond motifs is 1. The van der Waals surface area contributed by atoms with Crippen LogP contribution in [0.2, 0.25) is 0 Å². The fraction of sp³-hybridized carbons (Fsp3) is 0.333. The van der Waals surface area contributed by atoms with E-state index >= 15 is 0 Å². The first-order valence-corrected chi connectivity index (χ1v) is 8.06. The van der Waals surface area contributed by atoms with Crippen LogP contribution in [0.3, 0.4) is 0 Å². The van der Waals surface area contributed by atoms with Gasteiger partial charge >= 0.3 is 0 Å². The number of rotatable bonds is 3. The second-order valence-corrected chi connectivity index (χ2v) is 6.04. The summed E-state index contributed by atoms with van der Waals surface area (Å²) in [6, 6.07) is 7.04. The van der Waals surface area contributed by atoms with E-state index in [1.54, 1.807) is 4.90 Å². The third-order valence-corrected chi connectivity index (χ3v) is 4.47. The molecule has 0 saturated carbocycles. The van der Waals surface area contributed by atoms with E-state index in [0.29, 0.717) is 12.1 Å². The first-order chi connectivity index (χ1) is 11.6. The summed E-state index contributed by atoms with van der Waals surface area (Å²) in [5.74, 6) is -0.347. The summed E-state index contributed by atoms with van der Waals surface area (Å²) in [7, 11) is 0. The molecule has 1 aromatic carbocycles. The second-order valence-electron chi connectivity index (χ2n) is 6.04. The first-order valence-electron chi connectivity index (χ1n) is 8.06. The SMILES string of the molecule is CCC(C)C1C(=O)Nc2ccccc2CN1C(=O)c1cncnc1. The lowest BCUT2D eigenvalue weighted by molar-refractivity contribution is -0.122. The molecule has 2 atom stereocenters. The van der Waals surface area contributed by atoms with E-state index in [1.165, 1.54) is 18.7 Å². The van der Waals surface area contributed by atoms with Crippen LogP contribution in [0.4, 0.5) is 5.69 Å². The van der Waals surface area contributed by atoms with Crippen LogP contribution in [0, 0.1) is 5.92 Å². The molecule has 2 aromatic rings. The Morgan fingerprint density at radius 1 is 1.33 bits per heavy atom. The van der Waals surface area contributed by atoms with Gasteiger partial charge in [0.15, 0.2) is 0 Å². The van der Waals surface area contributed by atoms with E-state index < -0.39 is 6.04 Å². The standard InChI is InChI=1S/C18H20N4O2/c1-3-12(2)16-17(23)21-15-7-5-4-6-13(15)10-22(16)18(24)14-8-19-11-20-9-14/h4-9,11-12,16H,3,10H2,1-2H3,(H,21,23). The zero-order chi connectivity index (χ0) is 17.1. The number of hydrogen-bond donors (Lipinski definition) is 1. The maximum atomic E-state index is 13.0. The number of para-hydroxylation sites is 1. The molecule has 1 aliphatic heterocycles. The highest BCUT2D eigenvalue weighted by Gasteiger charge is 2.37. The van der Waals surface area contributed by atoms with Gasteiger partial charge in [0, 0.05) is 24.6 Å². The van der Waals surface area contributed by atoms with Gasteiger partial charge in [0.1, 0.15) is 12.4 Å². The van der Waals surface area contributed by atoms with Gasteiger partial charge in [0.05, 0.1) is 5.56 Å². The largest absolute Gasteiger partial charge is 0.324 e. The van der Waals surface area contributed by atoms with Crippen molar-refractivity contribution in [2.45, 2.75) is 32.9 Å².